The van der Waals surface area contributed by atoms with Gasteiger partial charge in [-0.05, 0) is 37.3 Å². The number of halogens is 1. The molecule has 0 unspecified atom stereocenters. The Bertz CT molecular complexity index is 1270. The second-order valence-corrected chi connectivity index (χ2v) is 9.04. The van der Waals surface area contributed by atoms with E-state index in [1.54, 1.807) is 32.9 Å². The first kappa shape index (κ1) is 23.1. The van der Waals surface area contributed by atoms with Crippen molar-refractivity contribution in [1.82, 2.24) is 8.87 Å². The monoisotopic (exact) mass is 466 g/mol. The van der Waals surface area contributed by atoms with Gasteiger partial charge in [-0.1, -0.05) is 25.4 Å². The Morgan fingerprint density at radius 1 is 1.13 bits per heavy atom. The number of rotatable bonds is 9. The standard InChI is InChI=1S/C21H23ClN2O6S/c1-4-23(5-2)31(27,28)15-8-9-17-20(12-15)30-21(26)24(17)13-18(25)16-11-14(22)7-10-19(16)29-6-3/h7-12H,4-6,13H2,1-3H3. The number of Topliss-reactive ketones (excluding diaryl/α,β-unsaturated/α-hetero) is 1. The summed E-state index contributed by atoms with van der Waals surface area (Å²) >= 11 is 6.02. The summed E-state index contributed by atoms with van der Waals surface area (Å²) in [5.74, 6) is -0.790. The summed E-state index contributed by atoms with van der Waals surface area (Å²) < 4.78 is 38.7. The summed E-state index contributed by atoms with van der Waals surface area (Å²) in [7, 11) is -3.72. The Kier molecular flexibility index (Phi) is 6.88. The fraction of sp³-hybridized carbons (Fsp3) is 0.333. The van der Waals surface area contributed by atoms with Crippen molar-refractivity contribution in [2.75, 3.05) is 19.7 Å². The molecule has 2 aromatic carbocycles. The van der Waals surface area contributed by atoms with Crippen molar-refractivity contribution in [3.8, 4) is 5.75 Å². The molecule has 10 heteroatoms. The zero-order valence-corrected chi connectivity index (χ0v) is 19.0. The number of ketones is 1. The van der Waals surface area contributed by atoms with Crippen molar-refractivity contribution in [3.05, 3.63) is 57.5 Å². The molecule has 0 bridgehead atoms. The molecule has 0 spiro atoms. The van der Waals surface area contributed by atoms with Crippen LogP contribution in [-0.2, 0) is 16.6 Å². The molecule has 0 amide bonds. The number of carbonyl (C=O) groups excluding carboxylic acids is 1. The maximum atomic E-state index is 12.9. The Morgan fingerprint density at radius 3 is 2.48 bits per heavy atom. The molecule has 1 heterocycles. The Balaban J connectivity index is 2.00. The molecule has 0 fully saturated rings. The lowest BCUT2D eigenvalue weighted by Crippen LogP contribution is -2.30. The summed E-state index contributed by atoms with van der Waals surface area (Å²) in [6, 6.07) is 8.86. The van der Waals surface area contributed by atoms with Gasteiger partial charge < -0.3 is 9.15 Å². The highest BCUT2D eigenvalue weighted by atomic mass is 35.5. The first-order valence-electron chi connectivity index (χ1n) is 9.82. The van der Waals surface area contributed by atoms with Crippen molar-refractivity contribution < 1.29 is 22.4 Å². The lowest BCUT2D eigenvalue weighted by molar-refractivity contribution is 0.0967. The molecular weight excluding hydrogens is 444 g/mol. The second-order valence-electron chi connectivity index (χ2n) is 6.67. The van der Waals surface area contributed by atoms with Gasteiger partial charge in [0, 0.05) is 24.2 Å². The van der Waals surface area contributed by atoms with Gasteiger partial charge in [0.05, 0.1) is 29.1 Å². The van der Waals surface area contributed by atoms with E-state index in [9.17, 15) is 18.0 Å². The number of aromatic nitrogens is 1. The van der Waals surface area contributed by atoms with Crippen LogP contribution in [0.4, 0.5) is 0 Å². The highest BCUT2D eigenvalue weighted by molar-refractivity contribution is 7.89. The van der Waals surface area contributed by atoms with Gasteiger partial charge in [-0.2, -0.15) is 4.31 Å². The quantitative estimate of drug-likeness (QED) is 0.447. The summed E-state index contributed by atoms with van der Waals surface area (Å²) in [6.45, 7) is 5.97. The predicted octanol–water partition coefficient (Wildman–Crippen LogP) is 3.56. The number of sulfonamides is 1. The Labute approximate surface area is 185 Å². The average molecular weight is 467 g/mol. The molecule has 31 heavy (non-hydrogen) atoms. The number of fused-ring (bicyclic) bond motifs is 1. The van der Waals surface area contributed by atoms with Crippen LogP contribution in [0, 0.1) is 0 Å². The van der Waals surface area contributed by atoms with Crippen LogP contribution in [0.2, 0.25) is 5.02 Å². The van der Waals surface area contributed by atoms with Crippen molar-refractivity contribution in [2.24, 2.45) is 0 Å². The molecule has 0 aliphatic rings. The minimum atomic E-state index is -3.72. The van der Waals surface area contributed by atoms with Crippen LogP contribution in [0.15, 0.2) is 50.5 Å². The molecule has 0 aliphatic carbocycles. The average Bonchev–Trinajstić information content (AvgIpc) is 3.04. The lowest BCUT2D eigenvalue weighted by atomic mass is 10.1. The van der Waals surface area contributed by atoms with E-state index in [2.05, 4.69) is 0 Å². The molecular formula is C21H23ClN2O6S. The number of oxazole rings is 1. The molecule has 0 aliphatic heterocycles. The maximum Gasteiger partial charge on any atom is 0.420 e. The fourth-order valence-electron chi connectivity index (χ4n) is 3.30. The number of nitrogens with zero attached hydrogens (tertiary/aromatic N) is 2. The van der Waals surface area contributed by atoms with Gasteiger partial charge in [0.1, 0.15) is 5.75 Å². The molecule has 0 saturated carbocycles. The first-order chi connectivity index (χ1) is 14.7. The van der Waals surface area contributed by atoms with E-state index in [1.807, 2.05) is 0 Å². The number of benzene rings is 2. The summed E-state index contributed by atoms with van der Waals surface area (Å²) in [5.41, 5.74) is 0.648. The Morgan fingerprint density at radius 2 is 1.84 bits per heavy atom. The van der Waals surface area contributed by atoms with Gasteiger partial charge in [0.25, 0.3) is 0 Å². The van der Waals surface area contributed by atoms with Crippen LogP contribution in [0.3, 0.4) is 0 Å². The third-order valence-electron chi connectivity index (χ3n) is 4.83. The Hall–Kier alpha value is -2.62. The molecule has 0 radical (unpaired) electrons. The van der Waals surface area contributed by atoms with Gasteiger partial charge in [-0.15, -0.1) is 0 Å². The van der Waals surface area contributed by atoms with Crippen LogP contribution < -0.4 is 10.5 Å². The van der Waals surface area contributed by atoms with E-state index in [1.165, 1.54) is 28.6 Å². The number of ether oxygens (including phenoxy) is 1. The van der Waals surface area contributed by atoms with Gasteiger partial charge in [0.15, 0.2) is 11.4 Å². The van der Waals surface area contributed by atoms with Crippen LogP contribution in [0.25, 0.3) is 11.1 Å². The van der Waals surface area contributed by atoms with E-state index in [0.29, 0.717) is 36.0 Å². The van der Waals surface area contributed by atoms with E-state index in [4.69, 9.17) is 20.8 Å². The molecule has 166 valence electrons. The van der Waals surface area contributed by atoms with Crippen LogP contribution in [0.1, 0.15) is 31.1 Å². The highest BCUT2D eigenvalue weighted by Crippen LogP contribution is 2.25. The van der Waals surface area contributed by atoms with Crippen LogP contribution in [-0.4, -0.2) is 42.8 Å². The van der Waals surface area contributed by atoms with Crippen molar-refractivity contribution in [3.63, 3.8) is 0 Å². The van der Waals surface area contributed by atoms with Gasteiger partial charge in [-0.3, -0.25) is 9.36 Å². The fourth-order valence-corrected chi connectivity index (χ4v) is 4.95. The minimum absolute atomic E-state index is 0.0180. The normalized spacial score (nSPS) is 11.9. The first-order valence-corrected chi connectivity index (χ1v) is 11.6. The van der Waals surface area contributed by atoms with Crippen LogP contribution in [0.5, 0.6) is 5.75 Å². The van der Waals surface area contributed by atoms with Gasteiger partial charge in [-0.25, -0.2) is 13.2 Å². The second kappa shape index (κ2) is 9.25. The van der Waals surface area contributed by atoms with Gasteiger partial charge >= 0.3 is 5.76 Å². The molecule has 0 saturated heterocycles. The lowest BCUT2D eigenvalue weighted by Gasteiger charge is -2.18. The van der Waals surface area contributed by atoms with E-state index >= 15 is 0 Å². The van der Waals surface area contributed by atoms with E-state index < -0.39 is 21.6 Å². The van der Waals surface area contributed by atoms with Gasteiger partial charge in [0.2, 0.25) is 10.0 Å². The predicted molar refractivity (Wildman–Crippen MR) is 118 cm³/mol. The molecule has 3 aromatic rings. The number of hydrogen-bond donors (Lipinski definition) is 0. The van der Waals surface area contributed by atoms with Crippen LogP contribution >= 0.6 is 11.6 Å². The molecule has 0 N–H and O–H groups in total. The zero-order chi connectivity index (χ0) is 22.8. The molecule has 0 atom stereocenters. The van der Waals surface area contributed by atoms with E-state index in [0.717, 1.165) is 4.57 Å². The number of hydrogen-bond acceptors (Lipinski definition) is 6. The van der Waals surface area contributed by atoms with Crippen molar-refractivity contribution in [2.45, 2.75) is 32.2 Å². The van der Waals surface area contributed by atoms with Crippen molar-refractivity contribution in [1.29, 1.82) is 0 Å². The minimum Gasteiger partial charge on any atom is -0.493 e. The van der Waals surface area contributed by atoms with Crippen molar-refractivity contribution >= 4 is 38.5 Å². The topological polar surface area (TPSA) is 98.8 Å². The maximum absolute atomic E-state index is 12.9. The third kappa shape index (κ3) is 4.53. The smallest absolute Gasteiger partial charge is 0.420 e. The zero-order valence-electron chi connectivity index (χ0n) is 17.4. The summed E-state index contributed by atoms with van der Waals surface area (Å²) in [6.07, 6.45) is 0. The number of carbonyl (C=O) groups is 1. The highest BCUT2D eigenvalue weighted by Gasteiger charge is 2.24. The largest absolute Gasteiger partial charge is 0.493 e. The summed E-state index contributed by atoms with van der Waals surface area (Å²) in [4.78, 5) is 25.3. The molecule has 3 rings (SSSR count). The molecule has 8 nitrogen and oxygen atoms in total. The van der Waals surface area contributed by atoms with E-state index in [-0.39, 0.29) is 22.6 Å². The third-order valence-corrected chi connectivity index (χ3v) is 7.11. The SMILES string of the molecule is CCOc1ccc(Cl)cc1C(=O)Cn1c(=O)oc2cc(S(=O)(=O)N(CC)CC)ccc21. The molecule has 1 aromatic heterocycles. The summed E-state index contributed by atoms with van der Waals surface area (Å²) in [5, 5.41) is 0.363.